The number of thiophene rings is 1. The van der Waals surface area contributed by atoms with E-state index in [9.17, 15) is 4.79 Å². The largest absolute Gasteiger partial charge is 0.478 e. The van der Waals surface area contributed by atoms with Crippen molar-refractivity contribution < 1.29 is 9.90 Å². The molecule has 82 valence electrons. The number of hydrogen-bond acceptors (Lipinski definition) is 4. The van der Waals surface area contributed by atoms with Gasteiger partial charge in [-0.25, -0.2) is 9.78 Å². The number of carboxylic acids is 1. The Bertz CT molecular complexity index is 509. The number of hydrogen-bond donors (Lipinski definition) is 1. The summed E-state index contributed by atoms with van der Waals surface area (Å²) in [6.07, 6.45) is 1.83. The Morgan fingerprint density at radius 3 is 2.81 bits per heavy atom. The van der Waals surface area contributed by atoms with Crippen LogP contribution < -0.4 is 0 Å². The average Bonchev–Trinajstić information content (AvgIpc) is 2.81. The Morgan fingerprint density at radius 2 is 2.25 bits per heavy atom. The molecule has 16 heavy (non-hydrogen) atoms. The van der Waals surface area contributed by atoms with Crippen molar-refractivity contribution in [2.45, 2.75) is 5.03 Å². The molecule has 0 saturated heterocycles. The third-order valence-corrected chi connectivity index (χ3v) is 3.65. The van der Waals surface area contributed by atoms with E-state index < -0.39 is 5.97 Å². The van der Waals surface area contributed by atoms with Gasteiger partial charge in [-0.3, -0.25) is 0 Å². The first-order valence-electron chi connectivity index (χ1n) is 4.54. The Hall–Kier alpha value is -1.33. The lowest BCUT2D eigenvalue weighted by Crippen LogP contribution is -2.01. The molecule has 0 amide bonds. The number of rotatable bonds is 3. The van der Waals surface area contributed by atoms with Gasteiger partial charge in [0.15, 0.2) is 0 Å². The molecule has 3 nitrogen and oxygen atoms in total. The molecule has 0 unspecified atom stereocenters. The van der Waals surface area contributed by atoms with Crippen LogP contribution in [-0.4, -0.2) is 22.3 Å². The first-order valence-corrected chi connectivity index (χ1v) is 6.65. The molecule has 2 aromatic rings. The quantitative estimate of drug-likeness (QED) is 0.851. The van der Waals surface area contributed by atoms with Gasteiger partial charge in [0, 0.05) is 0 Å². The van der Waals surface area contributed by atoms with Crippen molar-refractivity contribution in [1.82, 2.24) is 4.98 Å². The monoisotopic (exact) mass is 251 g/mol. The number of thioether (sulfide) groups is 1. The lowest BCUT2D eigenvalue weighted by atomic mass is 10.2. The Morgan fingerprint density at radius 1 is 1.44 bits per heavy atom. The maximum atomic E-state index is 10.9. The third kappa shape index (κ3) is 2.10. The van der Waals surface area contributed by atoms with Crippen LogP contribution in [0.2, 0.25) is 0 Å². The number of pyridine rings is 1. The highest BCUT2D eigenvalue weighted by molar-refractivity contribution is 7.98. The molecule has 0 atom stereocenters. The summed E-state index contributed by atoms with van der Waals surface area (Å²) in [5, 5.41) is 11.5. The van der Waals surface area contributed by atoms with Crippen molar-refractivity contribution >= 4 is 29.1 Å². The summed E-state index contributed by atoms with van der Waals surface area (Å²) >= 11 is 2.94. The van der Waals surface area contributed by atoms with Gasteiger partial charge in [-0.2, -0.15) is 0 Å². The number of nitrogens with zero attached hydrogens (tertiary/aromatic N) is 1. The number of carbonyl (C=O) groups is 1. The van der Waals surface area contributed by atoms with Gasteiger partial charge in [0.05, 0.1) is 16.1 Å². The second kappa shape index (κ2) is 4.67. The van der Waals surface area contributed by atoms with Crippen molar-refractivity contribution in [3.05, 3.63) is 35.2 Å². The average molecular weight is 251 g/mol. The summed E-state index contributed by atoms with van der Waals surface area (Å²) in [6.45, 7) is 0. The van der Waals surface area contributed by atoms with E-state index in [1.165, 1.54) is 11.8 Å². The predicted molar refractivity (Wildman–Crippen MR) is 66.3 cm³/mol. The smallest absolute Gasteiger partial charge is 0.338 e. The summed E-state index contributed by atoms with van der Waals surface area (Å²) in [4.78, 5) is 16.3. The topological polar surface area (TPSA) is 50.2 Å². The molecule has 0 aliphatic rings. The minimum Gasteiger partial charge on any atom is -0.478 e. The van der Waals surface area contributed by atoms with Crippen molar-refractivity contribution in [2.75, 3.05) is 6.26 Å². The van der Waals surface area contributed by atoms with Gasteiger partial charge >= 0.3 is 5.97 Å². The maximum absolute atomic E-state index is 10.9. The van der Waals surface area contributed by atoms with Crippen LogP contribution in [0, 0.1) is 0 Å². The van der Waals surface area contributed by atoms with Crippen LogP contribution in [0.3, 0.4) is 0 Å². The predicted octanol–water partition coefficient (Wildman–Crippen LogP) is 3.23. The van der Waals surface area contributed by atoms with Crippen LogP contribution >= 0.6 is 23.1 Å². The highest BCUT2D eigenvalue weighted by atomic mass is 32.2. The van der Waals surface area contributed by atoms with Crippen LogP contribution in [0.1, 0.15) is 10.4 Å². The Kier molecular flexibility index (Phi) is 3.26. The van der Waals surface area contributed by atoms with E-state index in [2.05, 4.69) is 4.98 Å². The van der Waals surface area contributed by atoms with Gasteiger partial charge in [-0.1, -0.05) is 6.07 Å². The van der Waals surface area contributed by atoms with E-state index in [0.717, 1.165) is 10.6 Å². The van der Waals surface area contributed by atoms with Crippen molar-refractivity contribution in [2.24, 2.45) is 0 Å². The molecule has 0 aliphatic heterocycles. The van der Waals surface area contributed by atoms with Gasteiger partial charge in [0.25, 0.3) is 0 Å². The summed E-state index contributed by atoms with van der Waals surface area (Å²) in [7, 11) is 0. The van der Waals surface area contributed by atoms with Gasteiger partial charge in [-0.05, 0) is 29.8 Å². The first kappa shape index (κ1) is 11.2. The van der Waals surface area contributed by atoms with Crippen LogP contribution in [0.5, 0.6) is 0 Å². The van der Waals surface area contributed by atoms with Crippen LogP contribution in [-0.2, 0) is 0 Å². The van der Waals surface area contributed by atoms with E-state index in [4.69, 9.17) is 5.11 Å². The van der Waals surface area contributed by atoms with Gasteiger partial charge in [0.1, 0.15) is 5.03 Å². The molecular weight excluding hydrogens is 242 g/mol. The molecule has 2 heterocycles. The van der Waals surface area contributed by atoms with E-state index in [-0.39, 0.29) is 5.56 Å². The highest BCUT2D eigenvalue weighted by Crippen LogP contribution is 2.26. The second-order valence-corrected chi connectivity index (χ2v) is 4.78. The summed E-state index contributed by atoms with van der Waals surface area (Å²) in [5.41, 5.74) is 1.08. The molecule has 0 aliphatic carbocycles. The number of aromatic carboxylic acids is 1. The van der Waals surface area contributed by atoms with Gasteiger partial charge in [0.2, 0.25) is 0 Å². The summed E-state index contributed by atoms with van der Waals surface area (Å²) in [5.74, 6) is -0.936. The zero-order valence-corrected chi connectivity index (χ0v) is 10.1. The maximum Gasteiger partial charge on any atom is 0.338 e. The molecule has 1 N–H and O–H groups in total. The molecule has 0 radical (unpaired) electrons. The normalized spacial score (nSPS) is 10.3. The molecule has 0 aromatic carbocycles. The highest BCUT2D eigenvalue weighted by Gasteiger charge is 2.12. The molecule has 0 saturated carbocycles. The van der Waals surface area contributed by atoms with E-state index in [1.807, 2.05) is 23.8 Å². The lowest BCUT2D eigenvalue weighted by molar-refractivity contribution is 0.0692. The Balaban J connectivity index is 2.49. The van der Waals surface area contributed by atoms with E-state index in [0.29, 0.717) is 5.03 Å². The van der Waals surface area contributed by atoms with Crippen molar-refractivity contribution in [3.63, 3.8) is 0 Å². The fourth-order valence-electron chi connectivity index (χ4n) is 1.32. The summed E-state index contributed by atoms with van der Waals surface area (Å²) < 4.78 is 0. The fraction of sp³-hybridized carbons (Fsp3) is 0.0909. The van der Waals surface area contributed by atoms with Crippen LogP contribution in [0.25, 0.3) is 10.6 Å². The third-order valence-electron chi connectivity index (χ3n) is 2.06. The second-order valence-electron chi connectivity index (χ2n) is 3.04. The number of aromatic nitrogens is 1. The zero-order chi connectivity index (χ0) is 11.5. The van der Waals surface area contributed by atoms with Gasteiger partial charge in [-0.15, -0.1) is 23.1 Å². The van der Waals surface area contributed by atoms with Crippen LogP contribution in [0.15, 0.2) is 34.7 Å². The van der Waals surface area contributed by atoms with E-state index in [1.54, 1.807) is 23.5 Å². The van der Waals surface area contributed by atoms with E-state index >= 15 is 0 Å². The molecule has 0 spiro atoms. The van der Waals surface area contributed by atoms with Gasteiger partial charge < -0.3 is 5.11 Å². The Labute approximate surface area is 101 Å². The molecule has 0 fully saturated rings. The minimum atomic E-state index is -0.936. The molecular formula is C11H9NO2S2. The fourth-order valence-corrected chi connectivity index (χ4v) is 2.58. The molecule has 5 heteroatoms. The van der Waals surface area contributed by atoms with Crippen LogP contribution in [0.4, 0.5) is 0 Å². The number of carboxylic acid groups (broad SMARTS) is 1. The summed E-state index contributed by atoms with van der Waals surface area (Å²) in [6, 6.07) is 7.27. The molecule has 2 aromatic heterocycles. The molecule has 2 rings (SSSR count). The SMILES string of the molecule is CSc1nc(-c2cccs2)ccc1C(=O)O. The zero-order valence-electron chi connectivity index (χ0n) is 8.51. The standard InChI is InChI=1S/C11H9NO2S2/c1-15-10-7(11(13)14)4-5-8(12-10)9-3-2-6-16-9/h2-6H,1H3,(H,13,14). The van der Waals surface area contributed by atoms with Crippen molar-refractivity contribution in [1.29, 1.82) is 0 Å². The lowest BCUT2D eigenvalue weighted by Gasteiger charge is -2.04. The minimum absolute atomic E-state index is 0.257. The molecule has 0 bridgehead atoms. The van der Waals surface area contributed by atoms with Crippen molar-refractivity contribution in [3.8, 4) is 10.6 Å². The first-order chi connectivity index (χ1) is 7.72.